The van der Waals surface area contributed by atoms with Gasteiger partial charge in [0.2, 0.25) is 0 Å². The number of hydrogen-bond acceptors (Lipinski definition) is 3. The van der Waals surface area contributed by atoms with E-state index in [0.29, 0.717) is 18.7 Å². The molecule has 1 aliphatic rings. The van der Waals surface area contributed by atoms with Crippen molar-refractivity contribution < 1.29 is 19.9 Å². The fourth-order valence-electron chi connectivity index (χ4n) is 8.07. The summed E-state index contributed by atoms with van der Waals surface area (Å²) in [6.45, 7) is 6.03. The zero-order valence-corrected chi connectivity index (χ0v) is 39.2. The van der Waals surface area contributed by atoms with Crippen molar-refractivity contribution >= 4 is 73.1 Å². The molecular formula is C53H52Cl2N2OP2Ru. The van der Waals surface area contributed by atoms with E-state index in [1.54, 1.807) is 0 Å². The van der Waals surface area contributed by atoms with Crippen LogP contribution in [0.2, 0.25) is 0 Å². The number of halogens is 2. The molecule has 8 rings (SSSR count). The van der Waals surface area contributed by atoms with E-state index < -0.39 is 15.8 Å². The summed E-state index contributed by atoms with van der Waals surface area (Å²) in [7, 11) is 8.24. The van der Waals surface area contributed by atoms with Crippen molar-refractivity contribution in [3.05, 3.63) is 217 Å². The SMILES string of the molecule is C=Cc1ccc(COc2ccc(P(c3ccccc3)c3ccccc3)c(CN[C@@H]3CCCC[C@H]3NCc3ccccc3P(c3ccccc3)c3ccccc3)c2)cc1.[Cl][Ru][Cl]. The Morgan fingerprint density at radius 1 is 0.541 bits per heavy atom. The molecule has 1 fully saturated rings. The third-order valence-corrected chi connectivity index (χ3v) is 16.2. The number of rotatable bonds is 16. The number of nitrogens with one attached hydrogen (secondary N) is 2. The zero-order chi connectivity index (χ0) is 42.1. The molecule has 1 aliphatic carbocycles. The second kappa shape index (κ2) is 24.1. The quantitative estimate of drug-likeness (QED) is 0.0748. The molecule has 0 unspecified atom stereocenters. The van der Waals surface area contributed by atoms with Crippen molar-refractivity contribution in [3.8, 4) is 5.75 Å². The molecule has 0 spiro atoms. The van der Waals surface area contributed by atoms with E-state index in [1.807, 2.05) is 6.08 Å². The van der Waals surface area contributed by atoms with Crippen LogP contribution in [0.5, 0.6) is 5.75 Å². The first-order valence-corrected chi connectivity index (χ1v) is 28.0. The predicted molar refractivity (Wildman–Crippen MR) is 263 cm³/mol. The second-order valence-corrected chi connectivity index (χ2v) is 22.0. The Labute approximate surface area is 381 Å². The predicted octanol–water partition coefficient (Wildman–Crippen LogP) is 11.0. The minimum atomic E-state index is -0.782. The summed E-state index contributed by atoms with van der Waals surface area (Å²) < 4.78 is 6.49. The molecule has 0 heterocycles. The summed E-state index contributed by atoms with van der Waals surface area (Å²) in [5, 5.41) is 16.5. The topological polar surface area (TPSA) is 33.3 Å². The molecule has 61 heavy (non-hydrogen) atoms. The summed E-state index contributed by atoms with van der Waals surface area (Å²) in [4.78, 5) is 0. The number of hydrogen-bond donors (Lipinski definition) is 2. The Bertz CT molecular complexity index is 2300. The summed E-state index contributed by atoms with van der Waals surface area (Å²) in [5.74, 6) is 0.896. The van der Waals surface area contributed by atoms with Crippen LogP contribution in [0.1, 0.15) is 47.9 Å². The van der Waals surface area contributed by atoms with E-state index in [-0.39, 0.29) is 15.1 Å². The summed E-state index contributed by atoms with van der Waals surface area (Å²) in [5.41, 5.74) is 4.93. The molecule has 0 amide bonds. The number of ether oxygens (including phenoxy) is 1. The van der Waals surface area contributed by atoms with E-state index in [0.717, 1.165) is 42.8 Å². The van der Waals surface area contributed by atoms with Gasteiger partial charge in [-0.3, -0.25) is 0 Å². The Balaban J connectivity index is 0.00000182. The molecule has 0 aliphatic heterocycles. The van der Waals surface area contributed by atoms with E-state index in [2.05, 4.69) is 205 Å². The Kier molecular flexibility index (Phi) is 17.8. The minimum absolute atomic E-state index is 0.346. The van der Waals surface area contributed by atoms with Crippen LogP contribution in [0.3, 0.4) is 0 Å². The van der Waals surface area contributed by atoms with Gasteiger partial charge in [-0.1, -0.05) is 195 Å². The van der Waals surface area contributed by atoms with Gasteiger partial charge in [0.05, 0.1) is 0 Å². The normalized spacial score (nSPS) is 15.0. The van der Waals surface area contributed by atoms with Gasteiger partial charge in [0, 0.05) is 25.2 Å². The molecule has 0 aromatic heterocycles. The molecule has 0 radical (unpaired) electrons. The van der Waals surface area contributed by atoms with Crippen molar-refractivity contribution in [1.29, 1.82) is 0 Å². The average Bonchev–Trinajstić information content (AvgIpc) is 3.32. The van der Waals surface area contributed by atoms with Crippen LogP contribution in [-0.4, -0.2) is 12.1 Å². The standard InChI is InChI=1S/C53H52N2OP2.2ClH.Ru/c1-2-41-31-33-42(34-32-41)40-56-45-35-36-53(58(48-24-11-5-12-25-48)49-26-13-6-14-27-49)44(37-45)39-55-51-29-17-16-28-50(51)54-38-43-19-15-18-30-52(43)57(46-20-7-3-8-21-46)47-22-9-4-10-23-47;;;/h2-15,18-27,30-37,50-51,54-55H,1,16-17,28-29,38-40H2;2*1H;/q;;;+2/p-2/t50-,51-;;;/m1.../s1. The van der Waals surface area contributed by atoms with Crippen molar-refractivity contribution in [2.45, 2.75) is 57.5 Å². The molecule has 0 bridgehead atoms. The zero-order valence-electron chi connectivity index (χ0n) is 34.2. The first-order valence-electron chi connectivity index (χ1n) is 20.8. The van der Waals surface area contributed by atoms with Crippen LogP contribution in [0.15, 0.2) is 195 Å². The average molecular weight is 967 g/mol. The van der Waals surface area contributed by atoms with Crippen LogP contribution in [0.25, 0.3) is 6.08 Å². The summed E-state index contributed by atoms with van der Waals surface area (Å²) in [6.07, 6.45) is 6.67. The molecule has 2 atom stereocenters. The van der Waals surface area contributed by atoms with E-state index in [4.69, 9.17) is 24.1 Å². The monoisotopic (exact) mass is 966 g/mol. The Hall–Kier alpha value is -3.94. The number of benzene rings is 7. The molecule has 312 valence electrons. The fraction of sp³-hybridized carbons (Fsp3) is 0.170. The van der Waals surface area contributed by atoms with Gasteiger partial charge in [0.1, 0.15) is 12.4 Å². The maximum absolute atomic E-state index is 6.49. The van der Waals surface area contributed by atoms with Crippen LogP contribution in [0.4, 0.5) is 0 Å². The summed E-state index contributed by atoms with van der Waals surface area (Å²) >= 11 is -0.346. The molecule has 7 aromatic carbocycles. The Morgan fingerprint density at radius 3 is 1.44 bits per heavy atom. The van der Waals surface area contributed by atoms with Gasteiger partial charge in [-0.25, -0.2) is 0 Å². The van der Waals surface area contributed by atoms with E-state index in [9.17, 15) is 0 Å². The molecule has 7 aromatic rings. The van der Waals surface area contributed by atoms with E-state index in [1.165, 1.54) is 55.8 Å². The first kappa shape index (κ1) is 45.1. The Morgan fingerprint density at radius 2 is 0.967 bits per heavy atom. The van der Waals surface area contributed by atoms with Crippen LogP contribution >= 0.6 is 35.2 Å². The second-order valence-electron chi connectivity index (χ2n) is 15.0. The maximum atomic E-state index is 6.49. The van der Waals surface area contributed by atoms with Gasteiger partial charge in [-0.05, 0) is 101 Å². The van der Waals surface area contributed by atoms with Crippen molar-refractivity contribution in [1.82, 2.24) is 10.6 Å². The molecule has 8 heteroatoms. The fourth-order valence-corrected chi connectivity index (χ4v) is 13.0. The van der Waals surface area contributed by atoms with Gasteiger partial charge in [0.25, 0.3) is 0 Å². The molecule has 1 saturated carbocycles. The van der Waals surface area contributed by atoms with Crippen molar-refractivity contribution in [2.24, 2.45) is 0 Å². The van der Waals surface area contributed by atoms with Crippen LogP contribution < -0.4 is 47.2 Å². The van der Waals surface area contributed by atoms with Gasteiger partial charge in [0.15, 0.2) is 0 Å². The van der Waals surface area contributed by atoms with E-state index >= 15 is 0 Å². The van der Waals surface area contributed by atoms with Gasteiger partial charge in [-0.2, -0.15) is 0 Å². The first-order chi connectivity index (χ1) is 30.1. The van der Waals surface area contributed by atoms with Crippen LogP contribution in [0, 0.1) is 0 Å². The van der Waals surface area contributed by atoms with Crippen molar-refractivity contribution in [2.75, 3.05) is 0 Å². The van der Waals surface area contributed by atoms with Crippen LogP contribution in [-0.2, 0) is 34.8 Å². The van der Waals surface area contributed by atoms with Gasteiger partial charge < -0.3 is 15.4 Å². The van der Waals surface area contributed by atoms with Crippen molar-refractivity contribution in [3.63, 3.8) is 0 Å². The molecule has 3 nitrogen and oxygen atoms in total. The molecular weight excluding hydrogens is 915 g/mol. The summed E-state index contributed by atoms with van der Waals surface area (Å²) in [6, 6.07) is 69.1. The van der Waals surface area contributed by atoms with Gasteiger partial charge in [-0.15, -0.1) is 0 Å². The van der Waals surface area contributed by atoms with Gasteiger partial charge >= 0.3 is 34.5 Å². The molecule has 0 saturated heterocycles. The third-order valence-electron chi connectivity index (χ3n) is 11.1. The molecule has 2 N–H and O–H groups in total. The third kappa shape index (κ3) is 12.6.